The van der Waals surface area contributed by atoms with Crippen molar-refractivity contribution in [1.29, 1.82) is 0 Å². The summed E-state index contributed by atoms with van der Waals surface area (Å²) in [5.41, 5.74) is 6.53. The molecular formula is C15H21N3O3. The van der Waals surface area contributed by atoms with Gasteiger partial charge in [-0.25, -0.2) is 0 Å². The van der Waals surface area contributed by atoms with Crippen molar-refractivity contribution in [2.24, 2.45) is 11.7 Å². The second-order valence-corrected chi connectivity index (χ2v) is 5.57. The zero-order valence-electron chi connectivity index (χ0n) is 12.3. The zero-order valence-corrected chi connectivity index (χ0v) is 12.3. The van der Waals surface area contributed by atoms with Crippen molar-refractivity contribution in [3.05, 3.63) is 24.3 Å². The molecule has 4 N–H and O–H groups in total. The number of methoxy groups -OCH3 is 1. The molecule has 0 aromatic heterocycles. The van der Waals surface area contributed by atoms with Crippen LogP contribution < -0.4 is 16.4 Å². The van der Waals surface area contributed by atoms with Crippen molar-refractivity contribution in [2.75, 3.05) is 24.4 Å². The van der Waals surface area contributed by atoms with Gasteiger partial charge in [0.15, 0.2) is 0 Å². The van der Waals surface area contributed by atoms with Crippen LogP contribution in [0.4, 0.5) is 11.4 Å². The summed E-state index contributed by atoms with van der Waals surface area (Å²) in [5, 5.41) is 5.49. The van der Waals surface area contributed by atoms with Gasteiger partial charge < -0.3 is 21.1 Å². The summed E-state index contributed by atoms with van der Waals surface area (Å²) < 4.78 is 4.73. The third-order valence-electron chi connectivity index (χ3n) is 3.62. The van der Waals surface area contributed by atoms with E-state index in [2.05, 4.69) is 10.6 Å². The Morgan fingerprint density at radius 2 is 1.76 bits per heavy atom. The molecule has 2 amide bonds. The number of carbonyl (C=O) groups excluding carboxylic acids is 2. The van der Waals surface area contributed by atoms with Crippen LogP contribution in [0.15, 0.2) is 24.3 Å². The molecule has 21 heavy (non-hydrogen) atoms. The van der Waals surface area contributed by atoms with E-state index in [4.69, 9.17) is 10.5 Å². The average molecular weight is 291 g/mol. The largest absolute Gasteiger partial charge is 0.375 e. The highest BCUT2D eigenvalue weighted by atomic mass is 16.5. The molecule has 6 nitrogen and oxygen atoms in total. The number of amides is 2. The topological polar surface area (TPSA) is 93.5 Å². The molecule has 1 fully saturated rings. The predicted octanol–water partition coefficient (Wildman–Crippen LogP) is 1.34. The van der Waals surface area contributed by atoms with Crippen LogP contribution in [0.3, 0.4) is 0 Å². The lowest BCUT2D eigenvalue weighted by Gasteiger charge is -2.23. The van der Waals surface area contributed by atoms with Gasteiger partial charge in [-0.3, -0.25) is 9.59 Å². The highest BCUT2D eigenvalue weighted by Crippen LogP contribution is 2.38. The van der Waals surface area contributed by atoms with Crippen LogP contribution in [-0.2, 0) is 14.3 Å². The van der Waals surface area contributed by atoms with E-state index in [0.717, 1.165) is 12.8 Å². The van der Waals surface area contributed by atoms with Crippen LogP contribution in [0.1, 0.15) is 19.8 Å². The van der Waals surface area contributed by atoms with Crippen LogP contribution in [0, 0.1) is 5.92 Å². The highest BCUT2D eigenvalue weighted by molar-refractivity contribution is 5.98. The number of hydrogen-bond donors (Lipinski definition) is 3. The van der Waals surface area contributed by atoms with Crippen molar-refractivity contribution < 1.29 is 14.3 Å². The van der Waals surface area contributed by atoms with Gasteiger partial charge in [0.25, 0.3) is 0 Å². The number of hydrogen-bond acceptors (Lipinski definition) is 4. The molecule has 0 aliphatic heterocycles. The van der Waals surface area contributed by atoms with Gasteiger partial charge in [-0.1, -0.05) is 0 Å². The fourth-order valence-corrected chi connectivity index (χ4v) is 2.10. The minimum Gasteiger partial charge on any atom is -0.375 e. The lowest BCUT2D eigenvalue weighted by molar-refractivity contribution is -0.121. The lowest BCUT2D eigenvalue weighted by Crippen LogP contribution is -2.50. The van der Waals surface area contributed by atoms with Crippen molar-refractivity contribution >= 4 is 23.2 Å². The smallest absolute Gasteiger partial charge is 0.250 e. The maximum atomic E-state index is 12.1. The Balaban J connectivity index is 1.93. The van der Waals surface area contributed by atoms with Gasteiger partial charge in [0.2, 0.25) is 11.8 Å². The standard InChI is InChI=1S/C15H21N3O3/c1-15(16,10-3-4-10)14(20)18-12-7-5-11(6-8-12)17-13(19)9-21-2/h5-8,10H,3-4,9,16H2,1-2H3,(H,17,19)(H,18,20). The fraction of sp³-hybridized carbons (Fsp3) is 0.467. The van der Waals surface area contributed by atoms with Crippen LogP contribution in [0.5, 0.6) is 0 Å². The Labute approximate surface area is 124 Å². The molecule has 0 saturated heterocycles. The van der Waals surface area contributed by atoms with Crippen molar-refractivity contribution in [3.8, 4) is 0 Å². The van der Waals surface area contributed by atoms with E-state index < -0.39 is 5.54 Å². The molecule has 1 unspecified atom stereocenters. The second-order valence-electron chi connectivity index (χ2n) is 5.57. The van der Waals surface area contributed by atoms with Crippen molar-refractivity contribution in [1.82, 2.24) is 0 Å². The molecule has 1 aromatic carbocycles. The Morgan fingerprint density at radius 3 is 2.24 bits per heavy atom. The normalized spacial score (nSPS) is 16.9. The lowest BCUT2D eigenvalue weighted by atomic mass is 9.96. The monoisotopic (exact) mass is 291 g/mol. The van der Waals surface area contributed by atoms with E-state index in [-0.39, 0.29) is 24.3 Å². The molecule has 1 saturated carbocycles. The summed E-state index contributed by atoms with van der Waals surface area (Å²) in [6.45, 7) is 1.77. The van der Waals surface area contributed by atoms with E-state index in [1.54, 1.807) is 31.2 Å². The third-order valence-corrected chi connectivity index (χ3v) is 3.62. The molecule has 114 valence electrons. The van der Waals surface area contributed by atoms with Gasteiger partial charge in [-0.05, 0) is 49.9 Å². The van der Waals surface area contributed by atoms with E-state index in [0.29, 0.717) is 11.4 Å². The quantitative estimate of drug-likeness (QED) is 0.737. The number of nitrogens with two attached hydrogens (primary N) is 1. The summed E-state index contributed by atoms with van der Waals surface area (Å²) in [6.07, 6.45) is 2.01. The summed E-state index contributed by atoms with van der Waals surface area (Å²) in [4.78, 5) is 23.5. The SMILES string of the molecule is COCC(=O)Nc1ccc(NC(=O)C(C)(N)C2CC2)cc1. The number of rotatable bonds is 6. The number of ether oxygens (including phenoxy) is 1. The van der Waals surface area contributed by atoms with Gasteiger partial charge in [0.05, 0.1) is 5.54 Å². The van der Waals surface area contributed by atoms with Crippen LogP contribution in [0.25, 0.3) is 0 Å². The minimum absolute atomic E-state index is 0.00536. The van der Waals surface area contributed by atoms with Crippen molar-refractivity contribution in [3.63, 3.8) is 0 Å². The average Bonchev–Trinajstić information content (AvgIpc) is 3.26. The first kappa shape index (κ1) is 15.5. The molecule has 6 heteroatoms. The number of benzene rings is 1. The molecule has 0 radical (unpaired) electrons. The van der Waals surface area contributed by atoms with Gasteiger partial charge in [0, 0.05) is 18.5 Å². The minimum atomic E-state index is -0.828. The maximum absolute atomic E-state index is 12.1. The summed E-state index contributed by atoms with van der Waals surface area (Å²) in [5.74, 6) is -0.135. The van der Waals surface area contributed by atoms with E-state index in [1.807, 2.05) is 0 Å². The molecule has 0 bridgehead atoms. The van der Waals surface area contributed by atoms with Crippen LogP contribution in [-0.4, -0.2) is 31.1 Å². The van der Waals surface area contributed by atoms with E-state index in [9.17, 15) is 9.59 Å². The van der Waals surface area contributed by atoms with Gasteiger partial charge >= 0.3 is 0 Å². The summed E-state index contributed by atoms with van der Waals surface area (Å²) >= 11 is 0. The maximum Gasteiger partial charge on any atom is 0.250 e. The molecule has 0 heterocycles. The molecule has 1 atom stereocenters. The fourth-order valence-electron chi connectivity index (χ4n) is 2.10. The summed E-state index contributed by atoms with van der Waals surface area (Å²) in [6, 6.07) is 6.88. The molecular weight excluding hydrogens is 270 g/mol. The third kappa shape index (κ3) is 4.03. The molecule has 0 spiro atoms. The Bertz CT molecular complexity index is 521. The van der Waals surface area contributed by atoms with Crippen molar-refractivity contribution in [2.45, 2.75) is 25.3 Å². The molecule has 2 rings (SSSR count). The Kier molecular flexibility index (Phi) is 4.59. The molecule has 1 aromatic rings. The Morgan fingerprint density at radius 1 is 1.24 bits per heavy atom. The second kappa shape index (κ2) is 6.24. The Hall–Kier alpha value is -1.92. The summed E-state index contributed by atoms with van der Waals surface area (Å²) in [7, 11) is 1.46. The first-order chi connectivity index (χ1) is 9.93. The highest BCUT2D eigenvalue weighted by Gasteiger charge is 2.44. The number of anilines is 2. The van der Waals surface area contributed by atoms with Gasteiger partial charge in [-0.15, -0.1) is 0 Å². The number of carbonyl (C=O) groups is 2. The zero-order chi connectivity index (χ0) is 15.5. The van der Waals surface area contributed by atoms with Crippen LogP contribution >= 0.6 is 0 Å². The number of nitrogens with one attached hydrogen (secondary N) is 2. The molecule has 1 aliphatic carbocycles. The predicted molar refractivity (Wildman–Crippen MR) is 80.9 cm³/mol. The van der Waals surface area contributed by atoms with Crippen LogP contribution in [0.2, 0.25) is 0 Å². The van der Waals surface area contributed by atoms with E-state index in [1.165, 1.54) is 7.11 Å². The van der Waals surface area contributed by atoms with Gasteiger partial charge in [0.1, 0.15) is 6.61 Å². The first-order valence-electron chi connectivity index (χ1n) is 6.92. The molecule has 1 aliphatic rings. The first-order valence-corrected chi connectivity index (χ1v) is 6.92. The van der Waals surface area contributed by atoms with Gasteiger partial charge in [-0.2, -0.15) is 0 Å². The van der Waals surface area contributed by atoms with E-state index >= 15 is 0 Å².